The fourth-order valence-corrected chi connectivity index (χ4v) is 7.28. The Morgan fingerprint density at radius 1 is 0.854 bits per heavy atom. The molecule has 242 valence electrons. The van der Waals surface area contributed by atoms with Crippen LogP contribution < -0.4 is 9.80 Å². The summed E-state index contributed by atoms with van der Waals surface area (Å²) in [5.41, 5.74) is 4.81. The number of nitriles is 1. The normalized spacial score (nSPS) is 23.8. The topological polar surface area (TPSA) is 56.1 Å². The molecule has 2 aliphatic heterocycles. The van der Waals surface area contributed by atoms with Crippen molar-refractivity contribution in [3.8, 4) is 30.3 Å². The lowest BCUT2D eigenvalue weighted by molar-refractivity contribution is 0.625. The van der Waals surface area contributed by atoms with E-state index in [0.29, 0.717) is 22.4 Å². The summed E-state index contributed by atoms with van der Waals surface area (Å²) in [5.74, 6) is 9.92. The Hall–Kier alpha value is -4.42. The molecule has 0 radical (unpaired) electrons. The van der Waals surface area contributed by atoms with Gasteiger partial charge in [-0.2, -0.15) is 5.26 Å². The number of fused-ring (bicyclic) bond motifs is 2. The zero-order valence-corrected chi connectivity index (χ0v) is 29.0. The number of aromatic nitrogens is 2. The number of anilines is 2. The number of terminal acetylenes is 1. The van der Waals surface area contributed by atoms with Crippen molar-refractivity contribution < 1.29 is 8.78 Å². The van der Waals surface area contributed by atoms with Gasteiger partial charge in [0, 0.05) is 54.0 Å². The Morgan fingerprint density at radius 3 is 2.04 bits per heavy atom. The van der Waals surface area contributed by atoms with Crippen LogP contribution in [0, 0.1) is 83.7 Å². The third-order valence-corrected chi connectivity index (χ3v) is 10.0. The molecule has 2 saturated carbocycles. The van der Waals surface area contributed by atoms with Crippen molar-refractivity contribution in [3.63, 3.8) is 0 Å². The fraction of sp³-hybridized carbons (Fsp3) is 0.308. The highest BCUT2D eigenvalue weighted by atomic mass is 79.9. The Labute approximate surface area is 294 Å². The molecule has 0 amide bonds. The number of nitrogens with zero attached hydrogens (tertiary/aromatic N) is 5. The van der Waals surface area contributed by atoms with Gasteiger partial charge in [0.25, 0.3) is 0 Å². The molecule has 0 spiro atoms. The van der Waals surface area contributed by atoms with Crippen LogP contribution in [0.4, 0.5) is 20.2 Å². The number of hydrogen-bond donors (Lipinski definition) is 0. The summed E-state index contributed by atoms with van der Waals surface area (Å²) in [6.45, 7) is 7.31. The molecule has 2 aromatic carbocycles. The van der Waals surface area contributed by atoms with Crippen LogP contribution in [0.25, 0.3) is 0 Å². The number of hydrogen-bond acceptors (Lipinski definition) is 5. The van der Waals surface area contributed by atoms with Crippen molar-refractivity contribution in [2.75, 3.05) is 36.0 Å². The molecule has 4 unspecified atom stereocenters. The number of benzene rings is 2. The molecule has 2 aromatic heterocycles. The zero-order chi connectivity index (χ0) is 34.1. The predicted octanol–water partition coefficient (Wildman–Crippen LogP) is 8.37. The molecule has 48 heavy (non-hydrogen) atoms. The quantitative estimate of drug-likeness (QED) is 0.154. The second kappa shape index (κ2) is 13.6. The van der Waals surface area contributed by atoms with E-state index in [-0.39, 0.29) is 22.5 Å². The first-order chi connectivity index (χ1) is 23.0. The largest absolute Gasteiger partial charge is 0.370 e. The monoisotopic (exact) mass is 723 g/mol. The van der Waals surface area contributed by atoms with Crippen LogP contribution in [0.3, 0.4) is 0 Å². The average molecular weight is 725 g/mol. The summed E-state index contributed by atoms with van der Waals surface area (Å²) < 4.78 is 27.8. The summed E-state index contributed by atoms with van der Waals surface area (Å²) in [6.07, 6.45) is 7.73. The highest BCUT2D eigenvalue weighted by Gasteiger charge is 2.60. The van der Waals surface area contributed by atoms with Crippen LogP contribution in [-0.2, 0) is 0 Å². The van der Waals surface area contributed by atoms with E-state index in [1.807, 2.05) is 56.3 Å². The maximum Gasteiger partial charge on any atom is 0.126 e. The molecule has 9 heteroatoms. The standard InChI is InChI=1S/C20H16FN3.C13H11ClFN.C6H6BrN/c1-14-3-2-4-18(23-14)5-6-20-10-16(20)12-24(13-20)19-8-15(11-22)7-17(21)9-19;1-2-13-6-9(13)7-16(8-13)12-4-10(14)3-11(15)5-12;1-5-3-2-4-6(7)8-5/h2-4,7-9,16H,10,12-13H2,1H3;1,3-5,9H,6-8H2;2-4H,1H3. The number of pyridine rings is 2. The Kier molecular flexibility index (Phi) is 9.48. The Bertz CT molecular complexity index is 1970. The maximum absolute atomic E-state index is 13.7. The number of aryl methyl sites for hydroxylation is 2. The molecule has 2 saturated heterocycles. The molecule has 8 rings (SSSR count). The van der Waals surface area contributed by atoms with Gasteiger partial charge in [-0.25, -0.2) is 18.7 Å². The van der Waals surface area contributed by atoms with Crippen LogP contribution in [0.5, 0.6) is 0 Å². The molecule has 5 nitrogen and oxygen atoms in total. The van der Waals surface area contributed by atoms with Gasteiger partial charge in [0.2, 0.25) is 0 Å². The van der Waals surface area contributed by atoms with Crippen molar-refractivity contribution in [1.82, 2.24) is 9.97 Å². The Balaban J connectivity index is 0.000000143. The lowest BCUT2D eigenvalue weighted by Gasteiger charge is -2.21. The van der Waals surface area contributed by atoms with Gasteiger partial charge in [-0.1, -0.05) is 35.6 Å². The van der Waals surface area contributed by atoms with E-state index in [0.717, 1.165) is 72.1 Å². The van der Waals surface area contributed by atoms with Crippen molar-refractivity contribution >= 4 is 38.9 Å². The van der Waals surface area contributed by atoms with E-state index >= 15 is 0 Å². The first kappa shape index (κ1) is 33.5. The summed E-state index contributed by atoms with van der Waals surface area (Å²) in [6, 6.07) is 22.8. The molecule has 4 heterocycles. The van der Waals surface area contributed by atoms with Crippen molar-refractivity contribution in [2.45, 2.75) is 26.7 Å². The highest BCUT2D eigenvalue weighted by molar-refractivity contribution is 9.10. The lowest BCUT2D eigenvalue weighted by Crippen LogP contribution is -2.24. The fourth-order valence-electron chi connectivity index (χ4n) is 6.63. The van der Waals surface area contributed by atoms with Gasteiger partial charge >= 0.3 is 0 Å². The van der Waals surface area contributed by atoms with E-state index in [9.17, 15) is 8.78 Å². The molecule has 2 aliphatic carbocycles. The third-order valence-electron chi connectivity index (χ3n) is 9.35. The minimum absolute atomic E-state index is 0.00937. The maximum atomic E-state index is 13.7. The molecule has 4 fully saturated rings. The smallest absolute Gasteiger partial charge is 0.126 e. The van der Waals surface area contributed by atoms with Gasteiger partial charge in [0.1, 0.15) is 21.9 Å². The lowest BCUT2D eigenvalue weighted by atomic mass is 10.1. The van der Waals surface area contributed by atoms with E-state index in [2.05, 4.69) is 53.5 Å². The summed E-state index contributed by atoms with van der Waals surface area (Å²) in [4.78, 5) is 12.8. The third kappa shape index (κ3) is 7.65. The van der Waals surface area contributed by atoms with Gasteiger partial charge in [0.15, 0.2) is 0 Å². The van der Waals surface area contributed by atoms with Gasteiger partial charge in [-0.05, 0) is 121 Å². The first-order valence-corrected chi connectivity index (χ1v) is 16.9. The van der Waals surface area contributed by atoms with E-state index in [1.165, 1.54) is 24.3 Å². The molecule has 0 N–H and O–H groups in total. The van der Waals surface area contributed by atoms with Crippen LogP contribution >= 0.6 is 27.5 Å². The molecular formula is C39H33BrClF2N5. The number of piperidine rings is 2. The molecular weight excluding hydrogens is 692 g/mol. The van der Waals surface area contributed by atoms with Crippen LogP contribution in [0.15, 0.2) is 77.4 Å². The van der Waals surface area contributed by atoms with Crippen LogP contribution in [0.2, 0.25) is 5.02 Å². The van der Waals surface area contributed by atoms with Crippen molar-refractivity contribution in [1.29, 1.82) is 5.26 Å². The van der Waals surface area contributed by atoms with Gasteiger partial charge < -0.3 is 9.80 Å². The van der Waals surface area contributed by atoms with Gasteiger partial charge in [-0.3, -0.25) is 0 Å². The van der Waals surface area contributed by atoms with Gasteiger partial charge in [0.05, 0.1) is 22.5 Å². The second-order valence-electron chi connectivity index (χ2n) is 13.0. The summed E-state index contributed by atoms with van der Waals surface area (Å²) in [7, 11) is 0. The molecule has 4 atom stereocenters. The van der Waals surface area contributed by atoms with Crippen molar-refractivity contribution in [3.05, 3.63) is 117 Å². The molecule has 4 aromatic rings. The number of rotatable bonds is 2. The Morgan fingerprint density at radius 2 is 1.46 bits per heavy atom. The number of halogens is 4. The van der Waals surface area contributed by atoms with Gasteiger partial charge in [-0.15, -0.1) is 6.42 Å². The predicted molar refractivity (Wildman–Crippen MR) is 189 cm³/mol. The summed E-state index contributed by atoms with van der Waals surface area (Å²) >= 11 is 9.09. The van der Waals surface area contributed by atoms with E-state index in [1.54, 1.807) is 12.1 Å². The van der Waals surface area contributed by atoms with Crippen molar-refractivity contribution in [2.24, 2.45) is 22.7 Å². The molecule has 4 aliphatic rings. The summed E-state index contributed by atoms with van der Waals surface area (Å²) in [5, 5.41) is 9.44. The SMILES string of the molecule is C#CC12CC1CN(c1cc(F)cc(Cl)c1)C2.Cc1cccc(Br)n1.Cc1cccc(C#CC23CC2CN(c2cc(F)cc(C#N)c2)C3)n1. The van der Waals surface area contributed by atoms with Crippen LogP contribution in [0.1, 0.15) is 35.5 Å². The minimum Gasteiger partial charge on any atom is -0.370 e. The zero-order valence-electron chi connectivity index (χ0n) is 26.7. The van der Waals surface area contributed by atoms with Crippen LogP contribution in [-0.4, -0.2) is 36.1 Å². The highest BCUT2D eigenvalue weighted by Crippen LogP contribution is 2.58. The first-order valence-electron chi connectivity index (χ1n) is 15.7. The van der Waals surface area contributed by atoms with E-state index < -0.39 is 0 Å². The van der Waals surface area contributed by atoms with E-state index in [4.69, 9.17) is 23.3 Å². The second-order valence-corrected chi connectivity index (χ2v) is 14.2. The average Bonchev–Trinajstić information content (AvgIpc) is 3.84. The minimum atomic E-state index is -0.367. The molecule has 0 bridgehead atoms.